The average molecular weight is 290 g/mol. The Morgan fingerprint density at radius 2 is 2.10 bits per heavy atom. The molecule has 5 nitrogen and oxygen atoms in total. The Bertz CT molecular complexity index is 467. The van der Waals surface area contributed by atoms with Crippen LogP contribution in [0.1, 0.15) is 36.7 Å². The van der Waals surface area contributed by atoms with E-state index in [9.17, 15) is 4.79 Å². The Balaban J connectivity index is 1.97. The van der Waals surface area contributed by atoms with Crippen molar-refractivity contribution in [3.05, 3.63) is 23.9 Å². The maximum Gasteiger partial charge on any atom is 0.272 e. The van der Waals surface area contributed by atoms with Gasteiger partial charge in [-0.05, 0) is 45.5 Å². The van der Waals surface area contributed by atoms with Crippen LogP contribution in [0.15, 0.2) is 18.2 Å². The highest BCUT2D eigenvalue weighted by Gasteiger charge is 2.25. The molecule has 0 aliphatic carbocycles. The summed E-state index contributed by atoms with van der Waals surface area (Å²) in [6, 6.07) is 6.19. The van der Waals surface area contributed by atoms with Crippen LogP contribution < -0.4 is 5.32 Å². The van der Waals surface area contributed by atoms with Gasteiger partial charge in [-0.15, -0.1) is 0 Å². The lowest BCUT2D eigenvalue weighted by Gasteiger charge is -2.35. The van der Waals surface area contributed by atoms with Gasteiger partial charge >= 0.3 is 0 Å². The zero-order valence-electron chi connectivity index (χ0n) is 13.3. The molecule has 0 saturated carbocycles. The topological polar surface area (TPSA) is 48.5 Å². The number of aromatic nitrogens is 1. The van der Waals surface area contributed by atoms with E-state index in [0.717, 1.165) is 44.7 Å². The van der Waals surface area contributed by atoms with E-state index >= 15 is 0 Å². The van der Waals surface area contributed by atoms with Gasteiger partial charge in [-0.2, -0.15) is 0 Å². The smallest absolute Gasteiger partial charge is 0.272 e. The Hall–Kier alpha value is -1.62. The van der Waals surface area contributed by atoms with E-state index in [0.29, 0.717) is 11.7 Å². The van der Waals surface area contributed by atoms with E-state index < -0.39 is 0 Å². The van der Waals surface area contributed by atoms with Gasteiger partial charge in [-0.3, -0.25) is 4.79 Å². The molecule has 0 unspecified atom stereocenters. The summed E-state index contributed by atoms with van der Waals surface area (Å²) in [4.78, 5) is 21.1. The van der Waals surface area contributed by atoms with Crippen molar-refractivity contribution in [2.45, 2.75) is 32.2 Å². The third kappa shape index (κ3) is 4.17. The van der Waals surface area contributed by atoms with Crippen LogP contribution in [0, 0.1) is 0 Å². The Morgan fingerprint density at radius 3 is 2.71 bits per heavy atom. The first-order valence-corrected chi connectivity index (χ1v) is 7.78. The number of carbonyl (C=O) groups is 1. The number of amides is 1. The molecule has 0 aromatic carbocycles. The SMILES string of the molecule is CCCNc1cccc(C(=O)N2CCC(N(C)C)CC2)n1. The minimum absolute atomic E-state index is 0.0485. The zero-order chi connectivity index (χ0) is 15.2. The second-order valence-corrected chi connectivity index (χ2v) is 5.82. The number of hydrogen-bond acceptors (Lipinski definition) is 4. The number of piperidine rings is 1. The first kappa shape index (κ1) is 15.8. The molecule has 0 bridgehead atoms. The van der Waals surface area contributed by atoms with Crippen LogP contribution in [0.2, 0.25) is 0 Å². The molecule has 1 aliphatic rings. The molecule has 1 N–H and O–H groups in total. The van der Waals surface area contributed by atoms with Crippen molar-refractivity contribution in [1.82, 2.24) is 14.8 Å². The van der Waals surface area contributed by atoms with Gasteiger partial charge in [0.2, 0.25) is 0 Å². The number of carbonyl (C=O) groups excluding carboxylic acids is 1. The average Bonchev–Trinajstić information content (AvgIpc) is 2.52. The van der Waals surface area contributed by atoms with E-state index in [2.05, 4.69) is 36.2 Å². The summed E-state index contributed by atoms with van der Waals surface area (Å²) in [5, 5.41) is 3.23. The fourth-order valence-corrected chi connectivity index (χ4v) is 2.65. The number of pyridine rings is 1. The largest absolute Gasteiger partial charge is 0.370 e. The van der Waals surface area contributed by atoms with Gasteiger partial charge in [-0.25, -0.2) is 4.98 Å². The normalized spacial score (nSPS) is 16.3. The molecule has 1 aliphatic heterocycles. The van der Waals surface area contributed by atoms with Crippen molar-refractivity contribution in [2.75, 3.05) is 39.0 Å². The molecule has 2 heterocycles. The van der Waals surface area contributed by atoms with Crippen molar-refractivity contribution < 1.29 is 4.79 Å². The molecule has 1 saturated heterocycles. The lowest BCUT2D eigenvalue weighted by atomic mass is 10.0. The molecule has 0 atom stereocenters. The molecular formula is C16H26N4O. The monoisotopic (exact) mass is 290 g/mol. The summed E-state index contributed by atoms with van der Waals surface area (Å²) >= 11 is 0. The second kappa shape index (κ2) is 7.41. The molecule has 2 rings (SSSR count). The molecule has 21 heavy (non-hydrogen) atoms. The number of nitrogens with one attached hydrogen (secondary N) is 1. The van der Waals surface area contributed by atoms with Crippen LogP contribution in [0.3, 0.4) is 0 Å². The minimum atomic E-state index is 0.0485. The molecule has 116 valence electrons. The Labute approximate surface area is 127 Å². The van der Waals surface area contributed by atoms with Crippen molar-refractivity contribution in [3.63, 3.8) is 0 Å². The molecule has 5 heteroatoms. The van der Waals surface area contributed by atoms with Crippen molar-refractivity contribution in [1.29, 1.82) is 0 Å². The number of anilines is 1. The summed E-state index contributed by atoms with van der Waals surface area (Å²) in [6.07, 6.45) is 3.11. The molecule has 0 radical (unpaired) electrons. The molecular weight excluding hydrogens is 264 g/mol. The van der Waals surface area contributed by atoms with E-state index in [1.54, 1.807) is 6.07 Å². The van der Waals surface area contributed by atoms with Crippen molar-refractivity contribution in [2.24, 2.45) is 0 Å². The fraction of sp³-hybridized carbons (Fsp3) is 0.625. The summed E-state index contributed by atoms with van der Waals surface area (Å²) < 4.78 is 0. The van der Waals surface area contributed by atoms with Crippen LogP contribution >= 0.6 is 0 Å². The van der Waals surface area contributed by atoms with Crippen LogP contribution in [-0.4, -0.2) is 60.5 Å². The van der Waals surface area contributed by atoms with E-state index in [1.165, 1.54) is 0 Å². The summed E-state index contributed by atoms with van der Waals surface area (Å²) in [6.45, 7) is 4.61. The first-order valence-electron chi connectivity index (χ1n) is 7.78. The van der Waals surface area contributed by atoms with Gasteiger partial charge < -0.3 is 15.1 Å². The maximum atomic E-state index is 12.5. The highest BCUT2D eigenvalue weighted by molar-refractivity contribution is 5.92. The number of likely N-dealkylation sites (tertiary alicyclic amines) is 1. The Morgan fingerprint density at radius 1 is 1.38 bits per heavy atom. The predicted octanol–water partition coefficient (Wildman–Crippen LogP) is 2.07. The minimum Gasteiger partial charge on any atom is -0.370 e. The van der Waals surface area contributed by atoms with Gasteiger partial charge in [0.05, 0.1) is 0 Å². The van der Waals surface area contributed by atoms with Crippen molar-refractivity contribution in [3.8, 4) is 0 Å². The highest BCUT2D eigenvalue weighted by Crippen LogP contribution is 2.16. The predicted molar refractivity (Wildman–Crippen MR) is 85.6 cm³/mol. The quantitative estimate of drug-likeness (QED) is 0.902. The summed E-state index contributed by atoms with van der Waals surface area (Å²) in [5.41, 5.74) is 0.541. The van der Waals surface area contributed by atoms with E-state index in [1.807, 2.05) is 17.0 Å². The van der Waals surface area contributed by atoms with Crippen LogP contribution in [0.25, 0.3) is 0 Å². The Kier molecular flexibility index (Phi) is 5.56. The summed E-state index contributed by atoms with van der Waals surface area (Å²) in [7, 11) is 4.21. The van der Waals surface area contributed by atoms with Crippen LogP contribution in [-0.2, 0) is 0 Å². The van der Waals surface area contributed by atoms with Gasteiger partial charge in [-0.1, -0.05) is 13.0 Å². The van der Waals surface area contributed by atoms with E-state index in [-0.39, 0.29) is 5.91 Å². The fourth-order valence-electron chi connectivity index (χ4n) is 2.65. The van der Waals surface area contributed by atoms with Gasteiger partial charge in [0.25, 0.3) is 5.91 Å². The zero-order valence-corrected chi connectivity index (χ0v) is 13.3. The van der Waals surface area contributed by atoms with Gasteiger partial charge in [0.15, 0.2) is 0 Å². The molecule has 1 aromatic rings. The lowest BCUT2D eigenvalue weighted by Crippen LogP contribution is -2.44. The molecule has 0 spiro atoms. The number of nitrogens with zero attached hydrogens (tertiary/aromatic N) is 3. The van der Waals surface area contributed by atoms with Gasteiger partial charge in [0, 0.05) is 25.7 Å². The lowest BCUT2D eigenvalue weighted by molar-refractivity contribution is 0.0657. The number of hydrogen-bond donors (Lipinski definition) is 1. The second-order valence-electron chi connectivity index (χ2n) is 5.82. The number of rotatable bonds is 5. The standard InChI is InChI=1S/C16H26N4O/c1-4-10-17-15-7-5-6-14(18-15)16(21)20-11-8-13(9-12-20)19(2)3/h5-7,13H,4,8-12H2,1-3H3,(H,17,18). The maximum absolute atomic E-state index is 12.5. The molecule has 1 aromatic heterocycles. The molecule has 1 fully saturated rings. The summed E-state index contributed by atoms with van der Waals surface area (Å²) in [5.74, 6) is 0.832. The van der Waals surface area contributed by atoms with Crippen LogP contribution in [0.4, 0.5) is 5.82 Å². The first-order chi connectivity index (χ1) is 10.1. The van der Waals surface area contributed by atoms with Gasteiger partial charge in [0.1, 0.15) is 11.5 Å². The third-order valence-electron chi connectivity index (χ3n) is 4.01. The third-order valence-corrected chi connectivity index (χ3v) is 4.01. The highest BCUT2D eigenvalue weighted by atomic mass is 16.2. The van der Waals surface area contributed by atoms with Crippen LogP contribution in [0.5, 0.6) is 0 Å². The molecule has 1 amide bonds. The van der Waals surface area contributed by atoms with E-state index in [4.69, 9.17) is 0 Å². The van der Waals surface area contributed by atoms with Crippen molar-refractivity contribution >= 4 is 11.7 Å².